The first-order chi connectivity index (χ1) is 14.5. The van der Waals surface area contributed by atoms with E-state index in [4.69, 9.17) is 14.4 Å². The van der Waals surface area contributed by atoms with E-state index in [9.17, 15) is 4.79 Å². The summed E-state index contributed by atoms with van der Waals surface area (Å²) in [5.41, 5.74) is 3.71. The Morgan fingerprint density at radius 2 is 1.97 bits per heavy atom. The standard InChI is InChI=1S/C23H27N3O4/c1-15(2)17-4-6-18(7-5-17)23-25-22(30-26-23)11-10-21(28)24-19-8-9-20(16(3)14-19)29-13-12-27/h4-9,14-15,27H,10-13H2,1-3H3,(H,24,28). The Balaban J connectivity index is 1.53. The maximum Gasteiger partial charge on any atom is 0.227 e. The number of amides is 1. The average molecular weight is 409 g/mol. The Morgan fingerprint density at radius 3 is 2.63 bits per heavy atom. The molecule has 0 unspecified atom stereocenters. The van der Waals surface area contributed by atoms with Crippen LogP contribution in [0.1, 0.15) is 43.2 Å². The molecule has 0 aliphatic rings. The first-order valence-corrected chi connectivity index (χ1v) is 10.0. The van der Waals surface area contributed by atoms with Crippen molar-refractivity contribution < 1.29 is 19.2 Å². The summed E-state index contributed by atoms with van der Waals surface area (Å²) in [6.45, 7) is 6.37. The minimum atomic E-state index is -0.139. The van der Waals surface area contributed by atoms with Gasteiger partial charge in [-0.2, -0.15) is 4.98 Å². The molecule has 3 rings (SSSR count). The Hall–Kier alpha value is -3.19. The highest BCUT2D eigenvalue weighted by Gasteiger charge is 2.12. The van der Waals surface area contributed by atoms with E-state index in [-0.39, 0.29) is 25.5 Å². The minimum absolute atomic E-state index is 0.0431. The number of rotatable bonds is 9. The molecule has 7 heteroatoms. The molecule has 158 valence electrons. The quantitative estimate of drug-likeness (QED) is 0.552. The minimum Gasteiger partial charge on any atom is -0.491 e. The van der Waals surface area contributed by atoms with E-state index >= 15 is 0 Å². The fourth-order valence-electron chi connectivity index (χ4n) is 2.98. The Bertz CT molecular complexity index is 980. The molecule has 0 aliphatic carbocycles. The highest BCUT2D eigenvalue weighted by Crippen LogP contribution is 2.23. The molecule has 3 aromatic rings. The number of anilines is 1. The summed E-state index contributed by atoms with van der Waals surface area (Å²) in [7, 11) is 0. The molecule has 0 bridgehead atoms. The lowest BCUT2D eigenvalue weighted by molar-refractivity contribution is -0.116. The Labute approximate surface area is 176 Å². The van der Waals surface area contributed by atoms with Gasteiger partial charge in [0.2, 0.25) is 17.6 Å². The zero-order chi connectivity index (χ0) is 21.5. The van der Waals surface area contributed by atoms with Crippen molar-refractivity contribution in [3.63, 3.8) is 0 Å². The molecule has 1 aromatic heterocycles. The van der Waals surface area contributed by atoms with Crippen LogP contribution in [0, 0.1) is 6.92 Å². The van der Waals surface area contributed by atoms with Crippen molar-refractivity contribution >= 4 is 11.6 Å². The Morgan fingerprint density at radius 1 is 1.20 bits per heavy atom. The second kappa shape index (κ2) is 10.0. The number of hydrogen-bond acceptors (Lipinski definition) is 6. The predicted molar refractivity (Wildman–Crippen MR) is 115 cm³/mol. The number of nitrogens with one attached hydrogen (secondary N) is 1. The molecule has 2 aromatic carbocycles. The van der Waals surface area contributed by atoms with E-state index < -0.39 is 0 Å². The molecule has 0 saturated carbocycles. The summed E-state index contributed by atoms with van der Waals surface area (Å²) < 4.78 is 10.7. The second-order valence-corrected chi connectivity index (χ2v) is 7.39. The molecule has 0 atom stereocenters. The van der Waals surface area contributed by atoms with Crippen LogP contribution in [0.2, 0.25) is 0 Å². The number of aliphatic hydroxyl groups excluding tert-OH is 1. The van der Waals surface area contributed by atoms with Gasteiger partial charge in [0.25, 0.3) is 0 Å². The molecule has 1 heterocycles. The first-order valence-electron chi connectivity index (χ1n) is 10.0. The van der Waals surface area contributed by atoms with Crippen LogP contribution < -0.4 is 10.1 Å². The number of carbonyl (C=O) groups excluding carboxylic acids is 1. The topological polar surface area (TPSA) is 97.5 Å². The molecular weight excluding hydrogens is 382 g/mol. The Kier molecular flexibility index (Phi) is 7.19. The SMILES string of the molecule is Cc1cc(NC(=O)CCc2nc(-c3ccc(C(C)C)cc3)no2)ccc1OCCO. The van der Waals surface area contributed by atoms with Crippen LogP contribution >= 0.6 is 0 Å². The van der Waals surface area contributed by atoms with Crippen LogP contribution in [-0.4, -0.2) is 34.4 Å². The third kappa shape index (κ3) is 5.67. The van der Waals surface area contributed by atoms with Gasteiger partial charge < -0.3 is 19.7 Å². The van der Waals surface area contributed by atoms with Crippen molar-refractivity contribution in [3.05, 3.63) is 59.5 Å². The largest absolute Gasteiger partial charge is 0.491 e. The van der Waals surface area contributed by atoms with E-state index in [0.29, 0.717) is 35.5 Å². The summed E-state index contributed by atoms with van der Waals surface area (Å²) in [5.74, 6) is 1.96. The van der Waals surface area contributed by atoms with Crippen molar-refractivity contribution in [1.82, 2.24) is 10.1 Å². The summed E-state index contributed by atoms with van der Waals surface area (Å²) in [5, 5.41) is 15.7. The molecule has 1 amide bonds. The predicted octanol–water partition coefficient (Wildman–Crippen LogP) is 4.11. The molecule has 0 fully saturated rings. The van der Waals surface area contributed by atoms with E-state index in [0.717, 1.165) is 11.1 Å². The molecule has 0 spiro atoms. The van der Waals surface area contributed by atoms with Gasteiger partial charge in [-0.3, -0.25) is 4.79 Å². The second-order valence-electron chi connectivity index (χ2n) is 7.39. The van der Waals surface area contributed by atoms with Gasteiger partial charge in [0.15, 0.2) is 0 Å². The highest BCUT2D eigenvalue weighted by atomic mass is 16.5. The maximum atomic E-state index is 12.3. The van der Waals surface area contributed by atoms with E-state index in [2.05, 4.69) is 41.4 Å². The molecule has 0 saturated heterocycles. The lowest BCUT2D eigenvalue weighted by Gasteiger charge is -2.10. The van der Waals surface area contributed by atoms with E-state index in [1.54, 1.807) is 12.1 Å². The summed E-state index contributed by atoms with van der Waals surface area (Å²) in [4.78, 5) is 16.7. The van der Waals surface area contributed by atoms with Crippen LogP contribution in [0.4, 0.5) is 5.69 Å². The van der Waals surface area contributed by atoms with E-state index in [1.807, 2.05) is 25.1 Å². The van der Waals surface area contributed by atoms with Crippen LogP contribution in [0.5, 0.6) is 5.75 Å². The van der Waals surface area contributed by atoms with Crippen LogP contribution in [-0.2, 0) is 11.2 Å². The van der Waals surface area contributed by atoms with Gasteiger partial charge in [-0.15, -0.1) is 0 Å². The number of ether oxygens (including phenoxy) is 1. The van der Waals surface area contributed by atoms with Gasteiger partial charge in [0.05, 0.1) is 6.61 Å². The van der Waals surface area contributed by atoms with Crippen LogP contribution in [0.25, 0.3) is 11.4 Å². The average Bonchev–Trinajstić information content (AvgIpc) is 3.21. The van der Waals surface area contributed by atoms with Gasteiger partial charge in [0, 0.05) is 24.1 Å². The molecule has 30 heavy (non-hydrogen) atoms. The summed E-state index contributed by atoms with van der Waals surface area (Å²) in [6, 6.07) is 13.5. The third-order valence-electron chi connectivity index (χ3n) is 4.68. The van der Waals surface area contributed by atoms with E-state index in [1.165, 1.54) is 5.56 Å². The first kappa shape index (κ1) is 21.5. The van der Waals surface area contributed by atoms with Crippen LogP contribution in [0.3, 0.4) is 0 Å². The maximum absolute atomic E-state index is 12.3. The highest BCUT2D eigenvalue weighted by molar-refractivity contribution is 5.91. The zero-order valence-electron chi connectivity index (χ0n) is 17.5. The molecule has 0 radical (unpaired) electrons. The van der Waals surface area contributed by atoms with Crippen molar-refractivity contribution in [2.45, 2.75) is 39.5 Å². The zero-order valence-corrected chi connectivity index (χ0v) is 17.5. The lowest BCUT2D eigenvalue weighted by atomic mass is 10.0. The number of benzene rings is 2. The lowest BCUT2D eigenvalue weighted by Crippen LogP contribution is -2.12. The van der Waals surface area contributed by atoms with Crippen molar-refractivity contribution in [2.24, 2.45) is 0 Å². The van der Waals surface area contributed by atoms with Gasteiger partial charge in [-0.25, -0.2) is 0 Å². The van der Waals surface area contributed by atoms with Gasteiger partial charge >= 0.3 is 0 Å². The molecule has 2 N–H and O–H groups in total. The third-order valence-corrected chi connectivity index (χ3v) is 4.68. The monoisotopic (exact) mass is 409 g/mol. The van der Waals surface area contributed by atoms with Gasteiger partial charge in [0.1, 0.15) is 12.4 Å². The van der Waals surface area contributed by atoms with Gasteiger partial charge in [-0.05, 0) is 42.2 Å². The normalized spacial score (nSPS) is 11.0. The van der Waals surface area contributed by atoms with Gasteiger partial charge in [-0.1, -0.05) is 43.3 Å². The number of hydrogen-bond donors (Lipinski definition) is 2. The number of aromatic nitrogens is 2. The summed E-state index contributed by atoms with van der Waals surface area (Å²) in [6.07, 6.45) is 0.593. The fourth-order valence-corrected chi connectivity index (χ4v) is 2.98. The fraction of sp³-hybridized carbons (Fsp3) is 0.348. The number of aliphatic hydroxyl groups is 1. The summed E-state index contributed by atoms with van der Waals surface area (Å²) >= 11 is 0. The number of nitrogens with zero attached hydrogens (tertiary/aromatic N) is 2. The molecule has 7 nitrogen and oxygen atoms in total. The smallest absolute Gasteiger partial charge is 0.227 e. The van der Waals surface area contributed by atoms with Crippen molar-refractivity contribution in [2.75, 3.05) is 18.5 Å². The van der Waals surface area contributed by atoms with Crippen molar-refractivity contribution in [3.8, 4) is 17.1 Å². The molecular formula is C23H27N3O4. The van der Waals surface area contributed by atoms with Crippen molar-refractivity contribution in [1.29, 1.82) is 0 Å². The van der Waals surface area contributed by atoms with Crippen LogP contribution in [0.15, 0.2) is 47.0 Å². The number of carbonyl (C=O) groups is 1. The number of aryl methyl sites for hydroxylation is 2. The molecule has 0 aliphatic heterocycles.